The van der Waals surface area contributed by atoms with Crippen molar-refractivity contribution in [1.82, 2.24) is 5.32 Å². The quantitative estimate of drug-likeness (QED) is 0.211. The van der Waals surface area contributed by atoms with E-state index in [0.29, 0.717) is 39.2 Å². The predicted octanol–water partition coefficient (Wildman–Crippen LogP) is 6.39. The molecule has 0 unspecified atom stereocenters. The lowest BCUT2D eigenvalue weighted by Crippen LogP contribution is -2.54. The Morgan fingerprint density at radius 2 is 1.56 bits per heavy atom. The molecule has 0 saturated carbocycles. The van der Waals surface area contributed by atoms with Crippen molar-refractivity contribution in [3.8, 4) is 17.2 Å². The van der Waals surface area contributed by atoms with Gasteiger partial charge in [0.05, 0.1) is 27.8 Å². The van der Waals surface area contributed by atoms with Gasteiger partial charge in [-0.05, 0) is 99.3 Å². The summed E-state index contributed by atoms with van der Waals surface area (Å²) in [5, 5.41) is 2.22. The van der Waals surface area contributed by atoms with E-state index in [0.717, 1.165) is 10.5 Å². The number of hydrogen-bond acceptors (Lipinski definition) is 6. The highest BCUT2D eigenvalue weighted by Crippen LogP contribution is 2.37. The highest BCUT2D eigenvalue weighted by molar-refractivity contribution is 9.11. The Balaban J connectivity index is 1.64. The van der Waals surface area contributed by atoms with Crippen LogP contribution in [0.3, 0.4) is 0 Å². The molecular weight excluding hydrogens is 639 g/mol. The van der Waals surface area contributed by atoms with Gasteiger partial charge in [-0.2, -0.15) is 0 Å². The topological polar surface area (TPSA) is 94.2 Å². The summed E-state index contributed by atoms with van der Waals surface area (Å²) in [7, 11) is 0. The van der Waals surface area contributed by atoms with Gasteiger partial charge in [0.25, 0.3) is 11.8 Å². The second-order valence-electron chi connectivity index (χ2n) is 8.18. The Kier molecular flexibility index (Phi) is 9.03. The van der Waals surface area contributed by atoms with Crippen LogP contribution in [0.1, 0.15) is 25.0 Å². The van der Waals surface area contributed by atoms with Crippen LogP contribution in [0.5, 0.6) is 17.2 Å². The van der Waals surface area contributed by atoms with Crippen LogP contribution in [0, 0.1) is 5.82 Å². The first kappa shape index (κ1) is 28.3. The van der Waals surface area contributed by atoms with Crippen molar-refractivity contribution in [3.63, 3.8) is 0 Å². The van der Waals surface area contributed by atoms with Gasteiger partial charge in [0, 0.05) is 6.07 Å². The van der Waals surface area contributed by atoms with E-state index in [1.54, 1.807) is 43.3 Å². The van der Waals surface area contributed by atoms with Crippen molar-refractivity contribution < 1.29 is 33.0 Å². The maximum Gasteiger partial charge on any atom is 0.336 e. The normalized spacial score (nSPS) is 14.4. The number of ether oxygens (including phenoxy) is 3. The largest absolute Gasteiger partial charge is 0.494 e. The summed E-state index contributed by atoms with van der Waals surface area (Å²) in [6.45, 7) is 4.45. The zero-order chi connectivity index (χ0) is 28.1. The molecule has 4 rings (SSSR count). The molecule has 1 saturated heterocycles. The Labute approximate surface area is 241 Å². The number of rotatable bonds is 9. The minimum atomic E-state index is -0.899. The average Bonchev–Trinajstić information content (AvgIpc) is 2.89. The van der Waals surface area contributed by atoms with Crippen LogP contribution < -0.4 is 24.4 Å². The molecule has 202 valence electrons. The lowest BCUT2D eigenvalue weighted by molar-refractivity contribution is -0.122. The first-order valence-corrected chi connectivity index (χ1v) is 13.5. The molecule has 39 heavy (non-hydrogen) atoms. The first-order chi connectivity index (χ1) is 18.7. The third-order valence-corrected chi connectivity index (χ3v) is 6.69. The number of halogens is 3. The van der Waals surface area contributed by atoms with Crippen LogP contribution in [-0.4, -0.2) is 31.1 Å². The molecule has 0 spiro atoms. The van der Waals surface area contributed by atoms with Gasteiger partial charge in [-0.15, -0.1) is 0 Å². The number of anilines is 1. The molecule has 1 fully saturated rings. The molecule has 1 heterocycles. The van der Waals surface area contributed by atoms with Gasteiger partial charge >= 0.3 is 6.03 Å². The summed E-state index contributed by atoms with van der Waals surface area (Å²) in [6.07, 6.45) is 1.38. The van der Waals surface area contributed by atoms with Gasteiger partial charge in [-0.1, -0.05) is 12.1 Å². The number of urea groups is 1. The zero-order valence-corrected chi connectivity index (χ0v) is 24.1. The summed E-state index contributed by atoms with van der Waals surface area (Å²) in [5.74, 6) is -0.788. The molecule has 11 heteroatoms. The molecule has 3 aromatic rings. The number of carbonyl (C=O) groups excluding carboxylic acids is 3. The lowest BCUT2D eigenvalue weighted by atomic mass is 10.1. The SMILES string of the molecule is CCOc1ccc(OCC)c(N2C(=O)NC(=O)/C(=C\c3cc(Br)c(OCc4ccc(F)cc4)c(Br)c3)C2=O)c1. The van der Waals surface area contributed by atoms with Crippen LogP contribution in [0.15, 0.2) is 69.1 Å². The number of barbiturate groups is 1. The number of imide groups is 2. The van der Waals surface area contributed by atoms with Gasteiger partial charge in [-0.3, -0.25) is 14.9 Å². The van der Waals surface area contributed by atoms with Crippen molar-refractivity contribution in [2.45, 2.75) is 20.5 Å². The monoisotopic (exact) mass is 660 g/mol. The Morgan fingerprint density at radius 3 is 2.21 bits per heavy atom. The summed E-state index contributed by atoms with van der Waals surface area (Å²) in [6, 6.07) is 13.2. The van der Waals surface area contributed by atoms with E-state index in [1.807, 2.05) is 6.92 Å². The van der Waals surface area contributed by atoms with E-state index >= 15 is 0 Å². The number of nitrogens with zero attached hydrogens (tertiary/aromatic N) is 1. The smallest absolute Gasteiger partial charge is 0.336 e. The molecule has 0 atom stereocenters. The summed E-state index contributed by atoms with van der Waals surface area (Å²) >= 11 is 6.92. The molecular formula is C28H23Br2FN2O6. The molecule has 0 radical (unpaired) electrons. The van der Waals surface area contributed by atoms with Gasteiger partial charge in [0.1, 0.15) is 35.2 Å². The molecule has 1 aliphatic rings. The molecule has 8 nitrogen and oxygen atoms in total. The molecule has 0 bridgehead atoms. The fourth-order valence-electron chi connectivity index (χ4n) is 3.79. The lowest BCUT2D eigenvalue weighted by Gasteiger charge is -2.28. The van der Waals surface area contributed by atoms with Crippen molar-refractivity contribution in [3.05, 3.63) is 86.1 Å². The van der Waals surface area contributed by atoms with Gasteiger partial charge in [0.2, 0.25) is 0 Å². The van der Waals surface area contributed by atoms with E-state index in [2.05, 4.69) is 37.2 Å². The second kappa shape index (κ2) is 12.4. The van der Waals surface area contributed by atoms with Crippen molar-refractivity contribution >= 4 is 61.5 Å². The predicted molar refractivity (Wildman–Crippen MR) is 150 cm³/mol. The van der Waals surface area contributed by atoms with Crippen molar-refractivity contribution in [1.29, 1.82) is 0 Å². The Hall–Kier alpha value is -3.70. The van der Waals surface area contributed by atoms with Crippen molar-refractivity contribution in [2.75, 3.05) is 18.1 Å². The summed E-state index contributed by atoms with van der Waals surface area (Å²) in [4.78, 5) is 39.9. The molecule has 4 amide bonds. The van der Waals surface area contributed by atoms with Crippen LogP contribution in [0.4, 0.5) is 14.9 Å². The maximum atomic E-state index is 13.5. The zero-order valence-electron chi connectivity index (χ0n) is 20.9. The van der Waals surface area contributed by atoms with E-state index in [1.165, 1.54) is 24.3 Å². The van der Waals surface area contributed by atoms with Gasteiger partial charge in [-0.25, -0.2) is 14.1 Å². The van der Waals surface area contributed by atoms with Crippen LogP contribution in [0.25, 0.3) is 6.08 Å². The minimum Gasteiger partial charge on any atom is -0.494 e. The Morgan fingerprint density at radius 1 is 0.897 bits per heavy atom. The maximum absolute atomic E-state index is 13.5. The Bertz CT molecular complexity index is 1440. The fraction of sp³-hybridized carbons (Fsp3) is 0.179. The van der Waals surface area contributed by atoms with Gasteiger partial charge in [0.15, 0.2) is 0 Å². The van der Waals surface area contributed by atoms with Crippen LogP contribution in [-0.2, 0) is 16.2 Å². The van der Waals surface area contributed by atoms with Crippen LogP contribution in [0.2, 0.25) is 0 Å². The molecule has 1 N–H and O–H groups in total. The highest BCUT2D eigenvalue weighted by Gasteiger charge is 2.38. The second-order valence-corrected chi connectivity index (χ2v) is 9.89. The highest BCUT2D eigenvalue weighted by atomic mass is 79.9. The van der Waals surface area contributed by atoms with E-state index in [9.17, 15) is 18.8 Å². The molecule has 0 aliphatic carbocycles. The van der Waals surface area contributed by atoms with Crippen molar-refractivity contribution in [2.24, 2.45) is 0 Å². The van der Waals surface area contributed by atoms with Crippen LogP contribution >= 0.6 is 31.9 Å². The number of carbonyl (C=O) groups is 3. The molecule has 1 aliphatic heterocycles. The minimum absolute atomic E-state index is 0.149. The number of amides is 4. The summed E-state index contributed by atoms with van der Waals surface area (Å²) < 4.78 is 31.3. The molecule has 3 aromatic carbocycles. The fourth-order valence-corrected chi connectivity index (χ4v) is 5.24. The standard InChI is InChI=1S/C28H23Br2FN2O6/c1-3-37-19-9-10-24(38-4-2)23(14-19)33-27(35)20(26(34)32-28(33)36)11-17-12-21(29)25(22(30)13-17)39-15-16-5-7-18(31)8-6-16/h5-14H,3-4,15H2,1-2H3,(H,32,34,36)/b20-11+. The first-order valence-electron chi connectivity index (χ1n) is 11.9. The number of hydrogen-bond donors (Lipinski definition) is 1. The number of nitrogens with one attached hydrogen (secondary N) is 1. The summed E-state index contributed by atoms with van der Waals surface area (Å²) in [5.41, 5.74) is 1.16. The third kappa shape index (κ3) is 6.48. The van der Waals surface area contributed by atoms with Gasteiger partial charge < -0.3 is 14.2 Å². The third-order valence-electron chi connectivity index (χ3n) is 5.51. The van der Waals surface area contributed by atoms with E-state index in [-0.39, 0.29) is 29.4 Å². The number of benzene rings is 3. The van der Waals surface area contributed by atoms with E-state index < -0.39 is 17.8 Å². The molecule has 0 aromatic heterocycles. The average molecular weight is 662 g/mol. The van der Waals surface area contributed by atoms with E-state index in [4.69, 9.17) is 14.2 Å².